The van der Waals surface area contributed by atoms with E-state index in [1.807, 2.05) is 0 Å². The molecule has 184 valence electrons. The van der Waals surface area contributed by atoms with Crippen molar-refractivity contribution >= 4 is 44.6 Å². The zero-order valence-corrected chi connectivity index (χ0v) is 19.9. The van der Waals surface area contributed by atoms with Crippen LogP contribution < -0.4 is 14.4 Å². The van der Waals surface area contributed by atoms with Gasteiger partial charge in [0.15, 0.2) is 0 Å². The van der Waals surface area contributed by atoms with E-state index in [9.17, 15) is 32.1 Å². The van der Waals surface area contributed by atoms with E-state index in [4.69, 9.17) is 16.3 Å². The lowest BCUT2D eigenvalue weighted by molar-refractivity contribution is -0.385. The normalized spacial score (nSPS) is 11.1. The maximum absolute atomic E-state index is 14.0. The number of nitrogens with one attached hydrogen (secondary N) is 1. The van der Waals surface area contributed by atoms with Crippen LogP contribution in [0.4, 0.5) is 25.8 Å². The first-order chi connectivity index (χ1) is 16.4. The van der Waals surface area contributed by atoms with E-state index in [1.54, 1.807) is 0 Å². The predicted octanol–water partition coefficient (Wildman–Crippen LogP) is 4.68. The highest BCUT2D eigenvalue weighted by Crippen LogP contribution is 2.35. The molecule has 0 spiro atoms. The number of carbonyl (C=O) groups is 1. The van der Waals surface area contributed by atoms with Gasteiger partial charge in [-0.25, -0.2) is 17.2 Å². The Morgan fingerprint density at radius 2 is 1.86 bits per heavy atom. The molecule has 0 unspecified atom stereocenters. The van der Waals surface area contributed by atoms with Crippen LogP contribution >= 0.6 is 11.6 Å². The van der Waals surface area contributed by atoms with Crippen LogP contribution in [0.5, 0.6) is 5.75 Å². The molecule has 0 saturated carbocycles. The van der Waals surface area contributed by atoms with E-state index >= 15 is 0 Å². The summed E-state index contributed by atoms with van der Waals surface area (Å²) in [5.74, 6) is -2.89. The number of amides is 1. The first kappa shape index (κ1) is 25.8. The van der Waals surface area contributed by atoms with Crippen molar-refractivity contribution in [1.29, 1.82) is 0 Å². The van der Waals surface area contributed by atoms with E-state index in [0.29, 0.717) is 10.4 Å². The Morgan fingerprint density at radius 1 is 1.14 bits per heavy atom. The molecule has 35 heavy (non-hydrogen) atoms. The summed E-state index contributed by atoms with van der Waals surface area (Å²) in [7, 11) is -3.34. The van der Waals surface area contributed by atoms with Gasteiger partial charge in [0.05, 0.1) is 28.3 Å². The van der Waals surface area contributed by atoms with Gasteiger partial charge in [0.25, 0.3) is 15.7 Å². The van der Waals surface area contributed by atoms with Crippen LogP contribution in [0.2, 0.25) is 5.02 Å². The summed E-state index contributed by atoms with van der Waals surface area (Å²) < 4.78 is 60.2. The van der Waals surface area contributed by atoms with Crippen molar-refractivity contribution in [1.82, 2.24) is 0 Å². The highest BCUT2D eigenvalue weighted by atomic mass is 35.5. The topological polar surface area (TPSA) is 119 Å². The van der Waals surface area contributed by atoms with Crippen LogP contribution in [0.25, 0.3) is 0 Å². The molecule has 0 bridgehead atoms. The maximum atomic E-state index is 14.0. The van der Waals surface area contributed by atoms with Gasteiger partial charge in [0.2, 0.25) is 5.91 Å². The first-order valence-electron chi connectivity index (χ1n) is 9.80. The number of benzene rings is 3. The summed E-state index contributed by atoms with van der Waals surface area (Å²) in [6.45, 7) is 0.550. The van der Waals surface area contributed by atoms with Crippen LogP contribution in [-0.2, 0) is 14.8 Å². The molecule has 1 amide bonds. The van der Waals surface area contributed by atoms with Gasteiger partial charge in [-0.2, -0.15) is 0 Å². The third-order valence-corrected chi connectivity index (χ3v) is 6.86. The fourth-order valence-corrected chi connectivity index (χ4v) is 4.75. The Labute approximate surface area is 204 Å². The highest BCUT2D eigenvalue weighted by molar-refractivity contribution is 7.92. The Balaban J connectivity index is 2.10. The zero-order valence-electron chi connectivity index (χ0n) is 18.3. The molecular formula is C22H18ClF2N3O6S. The van der Waals surface area contributed by atoms with E-state index in [1.165, 1.54) is 38.3 Å². The van der Waals surface area contributed by atoms with Crippen molar-refractivity contribution in [3.05, 3.63) is 86.9 Å². The highest BCUT2D eigenvalue weighted by Gasteiger charge is 2.31. The SMILES string of the molecule is COc1ccc(Cl)cc1N(CC(=O)Nc1ccc(F)cc1F)S(=O)(=O)c1ccc(C)c([N+](=O)[O-])c1. The fourth-order valence-electron chi connectivity index (χ4n) is 3.14. The van der Waals surface area contributed by atoms with E-state index in [0.717, 1.165) is 24.3 Å². The number of hydrogen-bond acceptors (Lipinski definition) is 6. The smallest absolute Gasteiger partial charge is 0.273 e. The average Bonchev–Trinajstić information content (AvgIpc) is 2.79. The lowest BCUT2D eigenvalue weighted by Crippen LogP contribution is -2.38. The minimum absolute atomic E-state index is 0.0281. The molecule has 1 N–H and O–H groups in total. The van der Waals surface area contributed by atoms with Gasteiger partial charge in [-0.1, -0.05) is 17.7 Å². The summed E-state index contributed by atoms with van der Waals surface area (Å²) in [6.07, 6.45) is 0. The van der Waals surface area contributed by atoms with E-state index in [-0.39, 0.29) is 27.7 Å². The van der Waals surface area contributed by atoms with Gasteiger partial charge >= 0.3 is 0 Å². The molecule has 0 radical (unpaired) electrons. The number of halogens is 3. The Bertz CT molecular complexity index is 1420. The van der Waals surface area contributed by atoms with Gasteiger partial charge in [-0.05, 0) is 43.3 Å². The average molecular weight is 526 g/mol. The number of aryl methyl sites for hydroxylation is 1. The molecule has 0 aliphatic carbocycles. The van der Waals surface area contributed by atoms with Crippen molar-refractivity contribution in [3.63, 3.8) is 0 Å². The molecule has 0 aliphatic heterocycles. The number of ether oxygens (including phenoxy) is 1. The third kappa shape index (κ3) is 5.66. The number of rotatable bonds is 8. The van der Waals surface area contributed by atoms with Crippen LogP contribution in [0.3, 0.4) is 0 Å². The maximum Gasteiger partial charge on any atom is 0.273 e. The summed E-state index contributed by atoms with van der Waals surface area (Å²) in [4.78, 5) is 22.9. The summed E-state index contributed by atoms with van der Waals surface area (Å²) in [5.41, 5.74) is -0.733. The third-order valence-electron chi connectivity index (χ3n) is 4.87. The number of nitro groups is 1. The molecule has 0 fully saturated rings. The zero-order chi connectivity index (χ0) is 25.9. The van der Waals surface area contributed by atoms with Gasteiger partial charge < -0.3 is 10.1 Å². The van der Waals surface area contributed by atoms with Crippen LogP contribution in [0.15, 0.2) is 59.5 Å². The second kappa shape index (κ2) is 10.2. The number of nitrogens with zero attached hydrogens (tertiary/aromatic N) is 2. The standard InChI is InChI=1S/C22H18ClF2N3O6S/c1-13-3-6-16(11-19(13)28(30)31)35(32,33)27(20-9-14(23)4-8-21(20)34-2)12-22(29)26-18-7-5-15(24)10-17(18)25/h3-11H,12H2,1-2H3,(H,26,29). The largest absolute Gasteiger partial charge is 0.495 e. The predicted molar refractivity (Wildman–Crippen MR) is 125 cm³/mol. The first-order valence-corrected chi connectivity index (χ1v) is 11.6. The summed E-state index contributed by atoms with van der Waals surface area (Å²) in [5, 5.41) is 13.7. The van der Waals surface area contributed by atoms with Crippen LogP contribution in [-0.4, -0.2) is 32.9 Å². The lowest BCUT2D eigenvalue weighted by Gasteiger charge is -2.26. The summed E-state index contributed by atoms with van der Waals surface area (Å²) in [6, 6.07) is 9.75. The summed E-state index contributed by atoms with van der Waals surface area (Å²) >= 11 is 6.05. The second-order valence-corrected chi connectivity index (χ2v) is 9.50. The molecule has 0 aliphatic rings. The molecule has 0 saturated heterocycles. The number of methoxy groups -OCH3 is 1. The van der Waals surface area contributed by atoms with Gasteiger partial charge in [-0.3, -0.25) is 19.2 Å². The van der Waals surface area contributed by atoms with Gasteiger partial charge in [0, 0.05) is 22.7 Å². The van der Waals surface area contributed by atoms with Crippen LogP contribution in [0, 0.1) is 28.7 Å². The molecule has 3 rings (SSSR count). The Morgan fingerprint density at radius 3 is 2.49 bits per heavy atom. The van der Waals surface area contributed by atoms with Crippen molar-refractivity contribution < 1.29 is 31.7 Å². The number of nitro benzene ring substituents is 1. The van der Waals surface area contributed by atoms with Gasteiger partial charge in [-0.15, -0.1) is 0 Å². The molecule has 0 heterocycles. The van der Waals surface area contributed by atoms with Gasteiger partial charge in [0.1, 0.15) is 23.9 Å². The van der Waals surface area contributed by atoms with Crippen LogP contribution in [0.1, 0.15) is 5.56 Å². The molecule has 3 aromatic rings. The molecular weight excluding hydrogens is 508 g/mol. The minimum atomic E-state index is -4.60. The second-order valence-electron chi connectivity index (χ2n) is 7.21. The quantitative estimate of drug-likeness (QED) is 0.337. The van der Waals surface area contributed by atoms with E-state index in [2.05, 4.69) is 5.32 Å². The number of carbonyl (C=O) groups excluding carboxylic acids is 1. The molecule has 13 heteroatoms. The Hall–Kier alpha value is -3.77. The number of hydrogen-bond donors (Lipinski definition) is 1. The molecule has 3 aromatic carbocycles. The van der Waals surface area contributed by atoms with Crippen molar-refractivity contribution in [2.75, 3.05) is 23.3 Å². The van der Waals surface area contributed by atoms with Crippen molar-refractivity contribution in [3.8, 4) is 5.75 Å². The van der Waals surface area contributed by atoms with Crippen molar-refractivity contribution in [2.45, 2.75) is 11.8 Å². The molecule has 0 atom stereocenters. The monoisotopic (exact) mass is 525 g/mol. The molecule has 9 nitrogen and oxygen atoms in total. The Kier molecular flexibility index (Phi) is 7.56. The minimum Gasteiger partial charge on any atom is -0.495 e. The van der Waals surface area contributed by atoms with Crippen molar-refractivity contribution in [2.24, 2.45) is 0 Å². The van der Waals surface area contributed by atoms with E-state index < -0.39 is 49.6 Å². The fraction of sp³-hybridized carbons (Fsp3) is 0.136. The number of anilines is 2. The number of sulfonamides is 1. The lowest BCUT2D eigenvalue weighted by atomic mass is 10.2. The molecule has 0 aromatic heterocycles.